The standard InChI is InChI=1S/C14H20N8O2/c1-10-18-12(19-24-10)7-16-14(15-2)21-4-5-22(13(23)9-21)11-6-17-20(3)8-11/h6,8H,4-5,7,9H2,1-3H3,(H,15,16). The largest absolute Gasteiger partial charge is 0.349 e. The number of carbonyl (C=O) groups is 1. The molecule has 3 heterocycles. The first-order valence-corrected chi connectivity index (χ1v) is 7.60. The summed E-state index contributed by atoms with van der Waals surface area (Å²) in [5.74, 6) is 1.71. The second kappa shape index (κ2) is 6.69. The van der Waals surface area contributed by atoms with Gasteiger partial charge in [0.1, 0.15) is 6.54 Å². The van der Waals surface area contributed by atoms with Crippen LogP contribution in [0.15, 0.2) is 21.9 Å². The minimum atomic E-state index is 0.00704. The van der Waals surface area contributed by atoms with Gasteiger partial charge in [-0.3, -0.25) is 14.5 Å². The number of anilines is 1. The molecule has 1 saturated heterocycles. The van der Waals surface area contributed by atoms with E-state index in [9.17, 15) is 4.79 Å². The van der Waals surface area contributed by atoms with Crippen LogP contribution >= 0.6 is 0 Å². The van der Waals surface area contributed by atoms with Gasteiger partial charge in [-0.15, -0.1) is 0 Å². The van der Waals surface area contributed by atoms with Gasteiger partial charge in [0.15, 0.2) is 11.8 Å². The molecule has 0 aliphatic carbocycles. The van der Waals surface area contributed by atoms with Gasteiger partial charge in [-0.1, -0.05) is 5.16 Å². The molecule has 1 aliphatic heterocycles. The first-order chi connectivity index (χ1) is 11.6. The van der Waals surface area contributed by atoms with Crippen molar-refractivity contribution in [2.75, 3.05) is 31.6 Å². The number of guanidine groups is 1. The summed E-state index contributed by atoms with van der Waals surface area (Å²) in [5.41, 5.74) is 0.812. The lowest BCUT2D eigenvalue weighted by Gasteiger charge is -2.35. The van der Waals surface area contributed by atoms with Crippen LogP contribution in [0.2, 0.25) is 0 Å². The number of carbonyl (C=O) groups excluding carboxylic acids is 1. The molecule has 24 heavy (non-hydrogen) atoms. The Morgan fingerprint density at radius 3 is 2.88 bits per heavy atom. The number of aryl methyl sites for hydroxylation is 2. The van der Waals surface area contributed by atoms with E-state index in [-0.39, 0.29) is 12.5 Å². The zero-order chi connectivity index (χ0) is 17.1. The van der Waals surface area contributed by atoms with E-state index in [1.165, 1.54) is 0 Å². The smallest absolute Gasteiger partial charge is 0.246 e. The normalized spacial score (nSPS) is 16.0. The molecule has 1 fully saturated rings. The number of hydrogen-bond acceptors (Lipinski definition) is 6. The van der Waals surface area contributed by atoms with Gasteiger partial charge >= 0.3 is 0 Å². The molecular weight excluding hydrogens is 312 g/mol. The van der Waals surface area contributed by atoms with Crippen LogP contribution in [0.1, 0.15) is 11.7 Å². The van der Waals surface area contributed by atoms with E-state index in [1.54, 1.807) is 29.7 Å². The first-order valence-electron chi connectivity index (χ1n) is 7.60. The third-order valence-electron chi connectivity index (χ3n) is 3.71. The first kappa shape index (κ1) is 16.0. The number of rotatable bonds is 3. The van der Waals surface area contributed by atoms with E-state index in [2.05, 4.69) is 25.5 Å². The maximum absolute atomic E-state index is 12.4. The molecule has 10 heteroatoms. The number of amides is 1. The number of aliphatic imine (C=N–C) groups is 1. The van der Waals surface area contributed by atoms with Crippen molar-refractivity contribution in [3.63, 3.8) is 0 Å². The second-order valence-corrected chi connectivity index (χ2v) is 5.47. The summed E-state index contributed by atoms with van der Waals surface area (Å²) in [5, 5.41) is 11.1. The number of nitrogens with zero attached hydrogens (tertiary/aromatic N) is 7. The zero-order valence-corrected chi connectivity index (χ0v) is 13.9. The highest BCUT2D eigenvalue weighted by Gasteiger charge is 2.27. The minimum absolute atomic E-state index is 0.00704. The number of hydrogen-bond donors (Lipinski definition) is 1. The number of piperazine rings is 1. The molecule has 128 valence electrons. The van der Waals surface area contributed by atoms with Gasteiger partial charge in [-0.05, 0) is 0 Å². The Morgan fingerprint density at radius 2 is 2.29 bits per heavy atom. The molecule has 1 N–H and O–H groups in total. The Labute approximate surface area is 139 Å². The third kappa shape index (κ3) is 3.36. The van der Waals surface area contributed by atoms with Gasteiger partial charge in [0, 0.05) is 40.3 Å². The van der Waals surface area contributed by atoms with Gasteiger partial charge in [0.25, 0.3) is 0 Å². The second-order valence-electron chi connectivity index (χ2n) is 5.47. The summed E-state index contributed by atoms with van der Waals surface area (Å²) in [6.07, 6.45) is 3.53. The van der Waals surface area contributed by atoms with Gasteiger partial charge in [-0.25, -0.2) is 0 Å². The summed E-state index contributed by atoms with van der Waals surface area (Å²) in [4.78, 5) is 24.4. The number of aromatic nitrogens is 4. The summed E-state index contributed by atoms with van der Waals surface area (Å²) in [7, 11) is 3.51. The molecule has 2 aromatic rings. The molecule has 0 radical (unpaired) electrons. The molecule has 1 amide bonds. The molecule has 0 spiro atoms. The Hall–Kier alpha value is -2.91. The lowest BCUT2D eigenvalue weighted by atomic mass is 10.3. The van der Waals surface area contributed by atoms with Crippen LogP contribution in [0.5, 0.6) is 0 Å². The van der Waals surface area contributed by atoms with Crippen LogP contribution in [0.25, 0.3) is 0 Å². The molecular formula is C14H20N8O2. The minimum Gasteiger partial charge on any atom is -0.349 e. The molecule has 3 rings (SSSR count). The Balaban J connectivity index is 1.60. The molecule has 1 aliphatic rings. The van der Waals surface area contributed by atoms with E-state index < -0.39 is 0 Å². The highest BCUT2D eigenvalue weighted by Crippen LogP contribution is 2.16. The molecule has 0 unspecified atom stereocenters. The lowest BCUT2D eigenvalue weighted by molar-refractivity contribution is -0.120. The molecule has 0 bridgehead atoms. The monoisotopic (exact) mass is 332 g/mol. The fourth-order valence-corrected chi connectivity index (χ4v) is 2.58. The summed E-state index contributed by atoms with van der Waals surface area (Å²) in [6.45, 7) is 3.63. The van der Waals surface area contributed by atoms with Crippen LogP contribution in [-0.4, -0.2) is 63.4 Å². The maximum atomic E-state index is 12.4. The predicted octanol–water partition coefficient (Wildman–Crippen LogP) is -0.464. The van der Waals surface area contributed by atoms with Crippen LogP contribution < -0.4 is 10.2 Å². The van der Waals surface area contributed by atoms with Crippen molar-refractivity contribution < 1.29 is 9.32 Å². The molecule has 0 atom stereocenters. The third-order valence-corrected chi connectivity index (χ3v) is 3.71. The van der Waals surface area contributed by atoms with Crippen LogP contribution in [0.3, 0.4) is 0 Å². The number of nitrogens with one attached hydrogen (secondary N) is 1. The Bertz CT molecular complexity index is 750. The maximum Gasteiger partial charge on any atom is 0.246 e. The SMILES string of the molecule is CN=C(NCc1noc(C)n1)N1CCN(c2cnn(C)c2)C(=O)C1. The van der Waals surface area contributed by atoms with E-state index in [4.69, 9.17) is 4.52 Å². The van der Waals surface area contributed by atoms with E-state index in [0.717, 1.165) is 5.69 Å². The lowest BCUT2D eigenvalue weighted by Crippen LogP contribution is -2.55. The molecule has 2 aromatic heterocycles. The highest BCUT2D eigenvalue weighted by atomic mass is 16.5. The van der Waals surface area contributed by atoms with E-state index >= 15 is 0 Å². The van der Waals surface area contributed by atoms with Crippen molar-refractivity contribution in [1.29, 1.82) is 0 Å². The fourth-order valence-electron chi connectivity index (χ4n) is 2.58. The van der Waals surface area contributed by atoms with Crippen molar-refractivity contribution >= 4 is 17.6 Å². The predicted molar refractivity (Wildman–Crippen MR) is 86.4 cm³/mol. The summed E-state index contributed by atoms with van der Waals surface area (Å²) < 4.78 is 6.62. The Kier molecular flexibility index (Phi) is 4.45. The quantitative estimate of drug-likeness (QED) is 0.599. The average Bonchev–Trinajstić information content (AvgIpc) is 3.16. The van der Waals surface area contributed by atoms with E-state index in [1.807, 2.05) is 18.1 Å². The summed E-state index contributed by atoms with van der Waals surface area (Å²) >= 11 is 0. The van der Waals surface area contributed by atoms with Crippen LogP contribution in [0.4, 0.5) is 5.69 Å². The zero-order valence-electron chi connectivity index (χ0n) is 13.9. The summed E-state index contributed by atoms with van der Waals surface area (Å²) in [6, 6.07) is 0. The van der Waals surface area contributed by atoms with Crippen molar-refractivity contribution in [2.24, 2.45) is 12.0 Å². The Morgan fingerprint density at radius 1 is 1.46 bits per heavy atom. The van der Waals surface area contributed by atoms with Crippen molar-refractivity contribution in [3.05, 3.63) is 24.1 Å². The topological polar surface area (TPSA) is 105 Å². The molecule has 0 saturated carbocycles. The van der Waals surface area contributed by atoms with Gasteiger partial charge < -0.3 is 19.6 Å². The average molecular weight is 332 g/mol. The van der Waals surface area contributed by atoms with Gasteiger partial charge in [0.05, 0.1) is 18.4 Å². The van der Waals surface area contributed by atoms with Gasteiger partial charge in [-0.2, -0.15) is 10.1 Å². The highest BCUT2D eigenvalue weighted by molar-refractivity contribution is 5.98. The van der Waals surface area contributed by atoms with Crippen molar-refractivity contribution in [3.8, 4) is 0 Å². The van der Waals surface area contributed by atoms with Gasteiger partial charge in [0.2, 0.25) is 11.8 Å². The van der Waals surface area contributed by atoms with Crippen LogP contribution in [0, 0.1) is 6.92 Å². The van der Waals surface area contributed by atoms with Crippen LogP contribution in [-0.2, 0) is 18.4 Å². The van der Waals surface area contributed by atoms with Crippen molar-refractivity contribution in [1.82, 2.24) is 30.1 Å². The van der Waals surface area contributed by atoms with Crippen molar-refractivity contribution in [2.45, 2.75) is 13.5 Å². The van der Waals surface area contributed by atoms with E-state index in [0.29, 0.717) is 37.3 Å². The fraction of sp³-hybridized carbons (Fsp3) is 0.500. The molecule has 0 aromatic carbocycles. The molecule has 10 nitrogen and oxygen atoms in total.